The Labute approximate surface area is 98.9 Å². The smallest absolute Gasteiger partial charge is 0.405 e. The average molecular weight is 269 g/mol. The summed E-state index contributed by atoms with van der Waals surface area (Å²) in [5.41, 5.74) is 0. The molecule has 10 heteroatoms. The van der Waals surface area contributed by atoms with Gasteiger partial charge in [-0.2, -0.15) is 13.2 Å². The number of urea groups is 1. The maximum Gasteiger partial charge on any atom is 0.405 e. The molecule has 1 fully saturated rings. The third kappa shape index (κ3) is 3.79. The highest BCUT2D eigenvalue weighted by Gasteiger charge is 2.36. The van der Waals surface area contributed by atoms with Crippen LogP contribution in [0.2, 0.25) is 0 Å². The molecule has 0 bridgehead atoms. The van der Waals surface area contributed by atoms with E-state index < -0.39 is 43.2 Å². The molecule has 0 radical (unpaired) electrons. The molecule has 18 heavy (non-hydrogen) atoms. The highest BCUT2D eigenvalue weighted by atomic mass is 19.4. The van der Waals surface area contributed by atoms with Crippen molar-refractivity contribution in [3.8, 4) is 0 Å². The Balaban J connectivity index is 2.67. The van der Waals surface area contributed by atoms with Gasteiger partial charge < -0.3 is 15.7 Å². The number of piperazine rings is 1. The van der Waals surface area contributed by atoms with Crippen LogP contribution in [0.25, 0.3) is 0 Å². The summed E-state index contributed by atoms with van der Waals surface area (Å²) in [5, 5.41) is 12.5. The van der Waals surface area contributed by atoms with Crippen molar-refractivity contribution in [2.45, 2.75) is 12.2 Å². The lowest BCUT2D eigenvalue weighted by Crippen LogP contribution is -2.61. The van der Waals surface area contributed by atoms with Gasteiger partial charge in [-0.15, -0.1) is 0 Å². The molecular weight excluding hydrogens is 259 g/mol. The first-order valence-electron chi connectivity index (χ1n) is 4.81. The number of halogens is 3. The number of nitrogens with zero attached hydrogens (tertiary/aromatic N) is 1. The second-order valence-electron chi connectivity index (χ2n) is 3.56. The maximum absolute atomic E-state index is 11.9. The van der Waals surface area contributed by atoms with E-state index in [1.165, 1.54) is 5.32 Å². The van der Waals surface area contributed by atoms with Crippen LogP contribution in [0, 0.1) is 0 Å². The Hall–Kier alpha value is -2.00. The van der Waals surface area contributed by atoms with Gasteiger partial charge in [0.05, 0.1) is 0 Å². The Morgan fingerprint density at radius 2 is 2.11 bits per heavy atom. The van der Waals surface area contributed by atoms with Crippen LogP contribution in [0.15, 0.2) is 0 Å². The largest absolute Gasteiger partial charge is 0.480 e. The summed E-state index contributed by atoms with van der Waals surface area (Å²) in [7, 11) is 0. The molecule has 1 aliphatic rings. The average Bonchev–Trinajstić information content (AvgIpc) is 2.24. The van der Waals surface area contributed by atoms with E-state index >= 15 is 0 Å². The zero-order valence-corrected chi connectivity index (χ0v) is 8.95. The molecule has 0 saturated carbocycles. The van der Waals surface area contributed by atoms with Crippen LogP contribution in [-0.4, -0.2) is 59.8 Å². The highest BCUT2D eigenvalue weighted by molar-refractivity contribution is 5.90. The molecule has 1 rings (SSSR count). The molecule has 1 aliphatic heterocycles. The Kier molecular flexibility index (Phi) is 3.99. The lowest BCUT2D eigenvalue weighted by Gasteiger charge is -2.32. The topological polar surface area (TPSA) is 98.7 Å². The van der Waals surface area contributed by atoms with Crippen LogP contribution in [0.4, 0.5) is 18.0 Å². The molecular formula is C8H10F3N3O4. The molecule has 1 unspecified atom stereocenters. The summed E-state index contributed by atoms with van der Waals surface area (Å²) in [6.45, 7) is -2.52. The van der Waals surface area contributed by atoms with Gasteiger partial charge in [-0.25, -0.2) is 9.59 Å². The maximum atomic E-state index is 11.9. The minimum atomic E-state index is -4.60. The predicted octanol–water partition coefficient (Wildman–Crippen LogP) is -0.857. The zero-order chi connectivity index (χ0) is 13.9. The number of rotatable bonds is 2. The van der Waals surface area contributed by atoms with E-state index in [9.17, 15) is 27.6 Å². The molecule has 1 heterocycles. The van der Waals surface area contributed by atoms with Crippen molar-refractivity contribution in [3.63, 3.8) is 0 Å². The second-order valence-corrected chi connectivity index (χ2v) is 3.56. The Morgan fingerprint density at radius 1 is 1.50 bits per heavy atom. The summed E-state index contributed by atoms with van der Waals surface area (Å²) in [6.07, 6.45) is -4.60. The first-order valence-corrected chi connectivity index (χ1v) is 4.81. The van der Waals surface area contributed by atoms with Gasteiger partial charge in [-0.3, -0.25) is 9.69 Å². The fraction of sp³-hybridized carbons (Fsp3) is 0.625. The quantitative estimate of drug-likeness (QED) is 0.607. The molecule has 1 saturated heterocycles. The predicted molar refractivity (Wildman–Crippen MR) is 50.6 cm³/mol. The van der Waals surface area contributed by atoms with Crippen molar-refractivity contribution in [2.75, 3.05) is 19.6 Å². The molecule has 0 aliphatic carbocycles. The number of carbonyl (C=O) groups excluding carboxylic acids is 2. The number of hydrogen-bond acceptors (Lipinski definition) is 3. The van der Waals surface area contributed by atoms with Gasteiger partial charge >= 0.3 is 18.2 Å². The van der Waals surface area contributed by atoms with Crippen LogP contribution in [0.1, 0.15) is 0 Å². The van der Waals surface area contributed by atoms with E-state index in [1.54, 1.807) is 0 Å². The van der Waals surface area contributed by atoms with Gasteiger partial charge in [0.15, 0.2) is 0 Å². The number of hydrogen-bond donors (Lipinski definition) is 3. The normalized spacial score (nSPS) is 20.3. The van der Waals surface area contributed by atoms with E-state index in [0.29, 0.717) is 4.90 Å². The Morgan fingerprint density at radius 3 is 2.61 bits per heavy atom. The van der Waals surface area contributed by atoms with Crippen molar-refractivity contribution in [2.24, 2.45) is 0 Å². The van der Waals surface area contributed by atoms with Crippen LogP contribution in [-0.2, 0) is 9.59 Å². The van der Waals surface area contributed by atoms with Gasteiger partial charge in [0.25, 0.3) is 0 Å². The van der Waals surface area contributed by atoms with E-state index in [0.717, 1.165) is 0 Å². The fourth-order valence-corrected chi connectivity index (χ4v) is 1.35. The molecule has 3 amide bonds. The SMILES string of the molecule is O=C1CN(C(=O)NCC(F)(F)F)C(C(=O)O)CN1. The molecule has 1 atom stereocenters. The molecule has 0 aromatic heterocycles. The minimum Gasteiger partial charge on any atom is -0.480 e. The fourth-order valence-electron chi connectivity index (χ4n) is 1.35. The molecule has 7 nitrogen and oxygen atoms in total. The summed E-state index contributed by atoms with van der Waals surface area (Å²) in [5.74, 6) is -2.04. The van der Waals surface area contributed by atoms with Crippen molar-refractivity contribution < 1.29 is 32.7 Å². The van der Waals surface area contributed by atoms with Crippen LogP contribution in [0.5, 0.6) is 0 Å². The second kappa shape index (κ2) is 5.10. The van der Waals surface area contributed by atoms with Crippen molar-refractivity contribution >= 4 is 17.9 Å². The number of carbonyl (C=O) groups is 3. The zero-order valence-electron chi connectivity index (χ0n) is 8.95. The number of carboxylic acids is 1. The first-order chi connectivity index (χ1) is 8.20. The van der Waals surface area contributed by atoms with Crippen molar-refractivity contribution in [3.05, 3.63) is 0 Å². The van der Waals surface area contributed by atoms with Gasteiger partial charge in [-0.1, -0.05) is 0 Å². The number of nitrogens with one attached hydrogen (secondary N) is 2. The number of amides is 3. The van der Waals surface area contributed by atoms with Crippen LogP contribution in [0.3, 0.4) is 0 Å². The third-order valence-electron chi connectivity index (χ3n) is 2.17. The summed E-state index contributed by atoms with van der Waals surface area (Å²) in [4.78, 5) is 33.7. The van der Waals surface area contributed by atoms with Crippen molar-refractivity contribution in [1.29, 1.82) is 0 Å². The third-order valence-corrected chi connectivity index (χ3v) is 2.17. The van der Waals surface area contributed by atoms with E-state index in [-0.39, 0.29) is 6.54 Å². The van der Waals surface area contributed by atoms with E-state index in [4.69, 9.17) is 5.11 Å². The van der Waals surface area contributed by atoms with Crippen molar-refractivity contribution in [1.82, 2.24) is 15.5 Å². The lowest BCUT2D eigenvalue weighted by molar-refractivity contribution is -0.144. The molecule has 0 aromatic carbocycles. The number of carboxylic acid groups (broad SMARTS) is 1. The van der Waals surface area contributed by atoms with Gasteiger partial charge in [0.2, 0.25) is 5.91 Å². The van der Waals surface area contributed by atoms with Crippen LogP contribution >= 0.6 is 0 Å². The first kappa shape index (κ1) is 14.1. The van der Waals surface area contributed by atoms with E-state index in [2.05, 4.69) is 5.32 Å². The van der Waals surface area contributed by atoms with E-state index in [1.807, 2.05) is 0 Å². The Bertz CT molecular complexity index is 371. The van der Waals surface area contributed by atoms with Crippen LogP contribution < -0.4 is 10.6 Å². The van der Waals surface area contributed by atoms with Gasteiger partial charge in [0, 0.05) is 6.54 Å². The summed E-state index contributed by atoms with van der Waals surface area (Å²) >= 11 is 0. The lowest BCUT2D eigenvalue weighted by atomic mass is 10.2. The summed E-state index contributed by atoms with van der Waals surface area (Å²) < 4.78 is 35.7. The van der Waals surface area contributed by atoms with Gasteiger partial charge in [-0.05, 0) is 0 Å². The summed E-state index contributed by atoms with van der Waals surface area (Å²) in [6, 6.07) is -2.62. The number of aliphatic carboxylic acids is 1. The molecule has 3 N–H and O–H groups in total. The number of alkyl halides is 3. The molecule has 0 aromatic rings. The van der Waals surface area contributed by atoms with Gasteiger partial charge in [0.1, 0.15) is 19.1 Å². The minimum absolute atomic E-state index is 0.340. The standard InChI is InChI=1S/C8H10F3N3O4/c9-8(10,11)3-13-7(18)14-2-5(15)12-1-4(14)6(16)17/h4H,1-3H2,(H,12,15)(H,13,18)(H,16,17). The monoisotopic (exact) mass is 269 g/mol. The molecule has 0 spiro atoms. The highest BCUT2D eigenvalue weighted by Crippen LogP contribution is 2.13. The molecule has 102 valence electrons.